The molecule has 0 bridgehead atoms. The summed E-state index contributed by atoms with van der Waals surface area (Å²) in [6.45, 7) is 5.24. The fraction of sp³-hybridized carbons (Fsp3) is 0.333. The van der Waals surface area contributed by atoms with Crippen molar-refractivity contribution < 1.29 is 23.8 Å². The smallest absolute Gasteiger partial charge is 0.338 e. The molecule has 2 aromatic rings. The Bertz CT molecular complexity index is 831. The van der Waals surface area contributed by atoms with Gasteiger partial charge in [0.2, 0.25) is 0 Å². The number of methoxy groups -OCH3 is 2. The molecule has 0 aromatic heterocycles. The highest BCUT2D eigenvalue weighted by atomic mass is 16.5. The first-order chi connectivity index (χ1) is 12.8. The zero-order valence-electron chi connectivity index (χ0n) is 16.3. The molecule has 0 spiro atoms. The number of hydrogen-bond donors (Lipinski definition) is 1. The van der Waals surface area contributed by atoms with Crippen LogP contribution < -0.4 is 14.8 Å². The van der Waals surface area contributed by atoms with Crippen LogP contribution in [0.2, 0.25) is 0 Å². The second kappa shape index (κ2) is 9.07. The summed E-state index contributed by atoms with van der Waals surface area (Å²) < 4.78 is 15.7. The van der Waals surface area contributed by atoms with Crippen molar-refractivity contribution in [1.82, 2.24) is 5.32 Å². The third kappa shape index (κ3) is 5.23. The molecule has 0 unspecified atom stereocenters. The molecule has 2 rings (SSSR count). The summed E-state index contributed by atoms with van der Waals surface area (Å²) in [5.41, 5.74) is 3.10. The van der Waals surface area contributed by atoms with Crippen LogP contribution in [-0.4, -0.2) is 32.7 Å². The van der Waals surface area contributed by atoms with E-state index in [4.69, 9.17) is 14.2 Å². The number of rotatable bonds is 7. The van der Waals surface area contributed by atoms with Crippen LogP contribution in [0.4, 0.5) is 0 Å². The Morgan fingerprint density at radius 2 is 1.78 bits per heavy atom. The number of ether oxygens (including phenoxy) is 3. The van der Waals surface area contributed by atoms with Crippen molar-refractivity contribution in [3.63, 3.8) is 0 Å². The summed E-state index contributed by atoms with van der Waals surface area (Å²) in [4.78, 5) is 24.4. The lowest BCUT2D eigenvalue weighted by atomic mass is 10.1. The normalized spacial score (nSPS) is 11.4. The average molecular weight is 371 g/mol. The quantitative estimate of drug-likeness (QED) is 0.756. The predicted octanol–water partition coefficient (Wildman–Crippen LogP) is 3.35. The van der Waals surface area contributed by atoms with Gasteiger partial charge in [0, 0.05) is 5.56 Å². The highest BCUT2D eigenvalue weighted by Gasteiger charge is 2.17. The molecular formula is C21H25NO5. The molecule has 1 N–H and O–H groups in total. The average Bonchev–Trinajstić information content (AvgIpc) is 2.65. The molecule has 6 nitrogen and oxygen atoms in total. The Morgan fingerprint density at radius 1 is 1.04 bits per heavy atom. The number of esters is 1. The van der Waals surface area contributed by atoms with E-state index < -0.39 is 11.9 Å². The molecule has 0 saturated heterocycles. The first kappa shape index (κ1) is 20.3. The fourth-order valence-corrected chi connectivity index (χ4v) is 2.79. The van der Waals surface area contributed by atoms with Crippen LogP contribution in [0.5, 0.6) is 11.5 Å². The summed E-state index contributed by atoms with van der Waals surface area (Å²) in [6, 6.07) is 10.4. The minimum atomic E-state index is -0.519. The molecule has 0 aliphatic rings. The van der Waals surface area contributed by atoms with Gasteiger partial charge in [0.05, 0.1) is 25.8 Å². The maximum absolute atomic E-state index is 12.2. The molecule has 0 radical (unpaired) electrons. The van der Waals surface area contributed by atoms with Crippen molar-refractivity contribution in [3.8, 4) is 11.5 Å². The van der Waals surface area contributed by atoms with E-state index in [0.717, 1.165) is 16.7 Å². The van der Waals surface area contributed by atoms with Gasteiger partial charge in [-0.1, -0.05) is 17.7 Å². The van der Waals surface area contributed by atoms with Crippen molar-refractivity contribution >= 4 is 11.9 Å². The zero-order chi connectivity index (χ0) is 20.0. The molecule has 6 heteroatoms. The van der Waals surface area contributed by atoms with Crippen molar-refractivity contribution in [2.24, 2.45) is 0 Å². The first-order valence-corrected chi connectivity index (χ1v) is 8.61. The van der Waals surface area contributed by atoms with Crippen LogP contribution in [0, 0.1) is 13.8 Å². The van der Waals surface area contributed by atoms with Crippen molar-refractivity contribution in [2.45, 2.75) is 26.8 Å². The number of hydrogen-bond acceptors (Lipinski definition) is 5. The number of benzene rings is 2. The summed E-state index contributed by atoms with van der Waals surface area (Å²) >= 11 is 0. The van der Waals surface area contributed by atoms with Crippen molar-refractivity contribution in [3.05, 3.63) is 58.7 Å². The van der Waals surface area contributed by atoms with E-state index in [1.165, 1.54) is 0 Å². The molecule has 2 aromatic carbocycles. The van der Waals surface area contributed by atoms with Gasteiger partial charge >= 0.3 is 5.97 Å². The lowest BCUT2D eigenvalue weighted by Crippen LogP contribution is -2.31. The molecule has 0 aliphatic heterocycles. The molecule has 1 amide bonds. The number of amides is 1. The van der Waals surface area contributed by atoms with Gasteiger partial charge in [0.15, 0.2) is 6.61 Å². The van der Waals surface area contributed by atoms with Gasteiger partial charge in [-0.25, -0.2) is 4.79 Å². The SMILES string of the molecule is COc1ccc(OC)c([C@H](C)NC(=O)COC(=O)c2ccc(C)cc2C)c1. The minimum absolute atomic E-state index is 0.345. The van der Waals surface area contributed by atoms with Gasteiger partial charge < -0.3 is 19.5 Å². The van der Waals surface area contributed by atoms with Crippen molar-refractivity contribution in [2.75, 3.05) is 20.8 Å². The van der Waals surface area contributed by atoms with Gasteiger partial charge in [0.25, 0.3) is 5.91 Å². The predicted molar refractivity (Wildman–Crippen MR) is 102 cm³/mol. The van der Waals surface area contributed by atoms with E-state index in [2.05, 4.69) is 5.32 Å². The monoisotopic (exact) mass is 371 g/mol. The summed E-state index contributed by atoms with van der Waals surface area (Å²) in [5.74, 6) is 0.379. The van der Waals surface area contributed by atoms with Gasteiger partial charge in [-0.3, -0.25) is 4.79 Å². The van der Waals surface area contributed by atoms with Crippen LogP contribution in [-0.2, 0) is 9.53 Å². The molecule has 27 heavy (non-hydrogen) atoms. The van der Waals surface area contributed by atoms with Crippen LogP contribution in [0.1, 0.15) is 40.0 Å². The minimum Gasteiger partial charge on any atom is -0.497 e. The van der Waals surface area contributed by atoms with Crippen LogP contribution in [0.3, 0.4) is 0 Å². The van der Waals surface area contributed by atoms with Crippen molar-refractivity contribution in [1.29, 1.82) is 0 Å². The Kier molecular flexibility index (Phi) is 6.82. The van der Waals surface area contributed by atoms with E-state index in [9.17, 15) is 9.59 Å². The van der Waals surface area contributed by atoms with E-state index >= 15 is 0 Å². The molecule has 0 fully saturated rings. The zero-order valence-corrected chi connectivity index (χ0v) is 16.3. The van der Waals surface area contributed by atoms with E-state index in [0.29, 0.717) is 17.1 Å². The molecule has 1 atom stereocenters. The Morgan fingerprint density at radius 3 is 2.41 bits per heavy atom. The van der Waals surface area contributed by atoms with E-state index in [1.54, 1.807) is 38.5 Å². The van der Waals surface area contributed by atoms with Gasteiger partial charge in [-0.05, 0) is 50.6 Å². The third-order valence-corrected chi connectivity index (χ3v) is 4.22. The van der Waals surface area contributed by atoms with Gasteiger partial charge in [0.1, 0.15) is 11.5 Å². The Hall–Kier alpha value is -3.02. The number of carbonyl (C=O) groups excluding carboxylic acids is 2. The molecule has 0 aliphatic carbocycles. The lowest BCUT2D eigenvalue weighted by molar-refractivity contribution is -0.124. The molecule has 144 valence electrons. The highest BCUT2D eigenvalue weighted by molar-refractivity contribution is 5.92. The number of aryl methyl sites for hydroxylation is 2. The highest BCUT2D eigenvalue weighted by Crippen LogP contribution is 2.29. The molecular weight excluding hydrogens is 346 g/mol. The van der Waals surface area contributed by atoms with Crippen LogP contribution >= 0.6 is 0 Å². The number of nitrogens with one attached hydrogen (secondary N) is 1. The summed E-state index contributed by atoms with van der Waals surface area (Å²) in [6.07, 6.45) is 0. The summed E-state index contributed by atoms with van der Waals surface area (Å²) in [7, 11) is 3.13. The summed E-state index contributed by atoms with van der Waals surface area (Å²) in [5, 5.41) is 2.80. The van der Waals surface area contributed by atoms with Crippen LogP contribution in [0.15, 0.2) is 36.4 Å². The molecule has 0 heterocycles. The maximum atomic E-state index is 12.2. The second-order valence-corrected chi connectivity index (χ2v) is 6.29. The Labute approximate surface area is 159 Å². The van der Waals surface area contributed by atoms with Gasteiger partial charge in [-0.2, -0.15) is 0 Å². The maximum Gasteiger partial charge on any atom is 0.338 e. The third-order valence-electron chi connectivity index (χ3n) is 4.22. The first-order valence-electron chi connectivity index (χ1n) is 8.61. The largest absolute Gasteiger partial charge is 0.497 e. The molecule has 0 saturated carbocycles. The van der Waals surface area contributed by atoms with E-state index in [-0.39, 0.29) is 12.6 Å². The topological polar surface area (TPSA) is 73.9 Å². The number of carbonyl (C=O) groups is 2. The fourth-order valence-electron chi connectivity index (χ4n) is 2.79. The van der Waals surface area contributed by atoms with E-state index in [1.807, 2.05) is 32.9 Å². The van der Waals surface area contributed by atoms with Crippen LogP contribution in [0.25, 0.3) is 0 Å². The standard InChI is InChI=1S/C21H25NO5/c1-13-6-8-17(14(2)10-13)21(24)27-12-20(23)22-15(3)18-11-16(25-4)7-9-19(18)26-5/h6-11,15H,12H2,1-5H3,(H,22,23)/t15-/m0/s1. The Balaban J connectivity index is 1.98. The lowest BCUT2D eigenvalue weighted by Gasteiger charge is -2.18. The van der Waals surface area contributed by atoms with Gasteiger partial charge in [-0.15, -0.1) is 0 Å². The second-order valence-electron chi connectivity index (χ2n) is 6.29.